The number of Topliss-reactive ketones (excluding diaryl/α,β-unsaturated/α-hetero) is 1. The Balaban J connectivity index is 2.62. The highest BCUT2D eigenvalue weighted by Crippen LogP contribution is 2.33. The lowest BCUT2D eigenvalue weighted by atomic mass is 9.85. The smallest absolute Gasteiger partial charge is 0.141 e. The Kier molecular flexibility index (Phi) is 3.56. The van der Waals surface area contributed by atoms with Gasteiger partial charge in [-0.05, 0) is 37.1 Å². The molecule has 0 aliphatic heterocycles. The van der Waals surface area contributed by atoms with Gasteiger partial charge in [-0.15, -0.1) is 0 Å². The summed E-state index contributed by atoms with van der Waals surface area (Å²) in [5.74, 6) is -0.365. The first-order chi connectivity index (χ1) is 9.00. The number of para-hydroxylation sites is 1. The van der Waals surface area contributed by atoms with Crippen LogP contribution >= 0.6 is 0 Å². The normalized spacial score (nSPS) is 12.1. The minimum absolute atomic E-state index is 0.0372. The summed E-state index contributed by atoms with van der Waals surface area (Å²) in [7, 11) is 0. The number of hydrogen-bond donors (Lipinski definition) is 2. The molecule has 0 saturated heterocycles. The third kappa shape index (κ3) is 2.60. The van der Waals surface area contributed by atoms with Crippen molar-refractivity contribution in [2.24, 2.45) is 0 Å². The van der Waals surface area contributed by atoms with Crippen molar-refractivity contribution in [1.82, 2.24) is 0 Å². The average Bonchev–Trinajstić information content (AvgIpc) is 2.36. The van der Waals surface area contributed by atoms with E-state index < -0.39 is 5.92 Å². The lowest BCUT2D eigenvalue weighted by Gasteiger charge is -2.19. The van der Waals surface area contributed by atoms with Crippen molar-refractivity contribution in [2.45, 2.75) is 19.8 Å². The maximum absolute atomic E-state index is 12.0. The number of ketones is 1. The van der Waals surface area contributed by atoms with E-state index in [1.54, 1.807) is 13.0 Å². The van der Waals surface area contributed by atoms with Crippen molar-refractivity contribution < 1.29 is 4.79 Å². The summed E-state index contributed by atoms with van der Waals surface area (Å²) in [6.45, 7) is 3.55. The van der Waals surface area contributed by atoms with Gasteiger partial charge in [0.05, 0.1) is 5.92 Å². The van der Waals surface area contributed by atoms with Gasteiger partial charge in [-0.25, -0.2) is 0 Å². The Morgan fingerprint density at radius 2 is 1.63 bits per heavy atom. The summed E-state index contributed by atoms with van der Waals surface area (Å²) in [6.07, 6.45) is 0. The van der Waals surface area contributed by atoms with Crippen LogP contribution in [0.25, 0.3) is 0 Å². The molecule has 4 N–H and O–H groups in total. The molecule has 0 radical (unpaired) electrons. The monoisotopic (exact) mass is 254 g/mol. The Morgan fingerprint density at radius 3 is 2.26 bits per heavy atom. The fraction of sp³-hybridized carbons (Fsp3) is 0.188. The van der Waals surface area contributed by atoms with E-state index in [2.05, 4.69) is 0 Å². The molecule has 0 aromatic heterocycles. The maximum Gasteiger partial charge on any atom is 0.141 e. The summed E-state index contributed by atoms with van der Waals surface area (Å²) in [4.78, 5) is 12.0. The van der Waals surface area contributed by atoms with E-state index in [1.807, 2.05) is 43.3 Å². The number of benzene rings is 2. The zero-order chi connectivity index (χ0) is 14.0. The van der Waals surface area contributed by atoms with Crippen LogP contribution in [0.1, 0.15) is 29.5 Å². The maximum atomic E-state index is 12.0. The molecule has 0 aliphatic rings. The molecule has 2 aromatic carbocycles. The van der Waals surface area contributed by atoms with Crippen LogP contribution in [0.4, 0.5) is 11.4 Å². The SMILES string of the molecule is CC(=O)C(c1ccccc1N)c1cc(C)ccc1N. The predicted molar refractivity (Wildman–Crippen MR) is 79.0 cm³/mol. The van der Waals surface area contributed by atoms with Crippen LogP contribution in [0.2, 0.25) is 0 Å². The molecule has 3 nitrogen and oxygen atoms in total. The molecule has 2 aromatic rings. The molecule has 0 saturated carbocycles. The number of carbonyl (C=O) groups is 1. The molecule has 1 unspecified atom stereocenters. The second kappa shape index (κ2) is 5.14. The molecule has 2 rings (SSSR count). The van der Waals surface area contributed by atoms with E-state index >= 15 is 0 Å². The van der Waals surface area contributed by atoms with E-state index in [4.69, 9.17) is 11.5 Å². The first-order valence-electron chi connectivity index (χ1n) is 6.21. The molecule has 1 atom stereocenters. The second-order valence-corrected chi connectivity index (χ2v) is 4.80. The van der Waals surface area contributed by atoms with E-state index in [0.29, 0.717) is 11.4 Å². The number of aryl methyl sites for hydroxylation is 1. The van der Waals surface area contributed by atoms with Gasteiger partial charge >= 0.3 is 0 Å². The zero-order valence-electron chi connectivity index (χ0n) is 11.2. The van der Waals surface area contributed by atoms with Crippen molar-refractivity contribution in [3.05, 3.63) is 59.2 Å². The second-order valence-electron chi connectivity index (χ2n) is 4.80. The summed E-state index contributed by atoms with van der Waals surface area (Å²) in [5.41, 5.74) is 16.0. The number of anilines is 2. The third-order valence-corrected chi connectivity index (χ3v) is 3.27. The van der Waals surface area contributed by atoms with Crippen molar-refractivity contribution in [1.29, 1.82) is 0 Å². The number of hydrogen-bond acceptors (Lipinski definition) is 3. The third-order valence-electron chi connectivity index (χ3n) is 3.27. The fourth-order valence-corrected chi connectivity index (χ4v) is 2.32. The quantitative estimate of drug-likeness (QED) is 0.827. The van der Waals surface area contributed by atoms with Crippen LogP contribution in [-0.4, -0.2) is 5.78 Å². The lowest BCUT2D eigenvalue weighted by Crippen LogP contribution is -2.14. The van der Waals surface area contributed by atoms with Crippen molar-refractivity contribution in [3.63, 3.8) is 0 Å². The van der Waals surface area contributed by atoms with Crippen molar-refractivity contribution >= 4 is 17.2 Å². The number of carbonyl (C=O) groups excluding carboxylic acids is 1. The topological polar surface area (TPSA) is 69.1 Å². The number of nitrogen functional groups attached to an aromatic ring is 2. The summed E-state index contributed by atoms with van der Waals surface area (Å²) < 4.78 is 0. The van der Waals surface area contributed by atoms with Crippen LogP contribution in [0.3, 0.4) is 0 Å². The Morgan fingerprint density at radius 1 is 1.00 bits per heavy atom. The summed E-state index contributed by atoms with van der Waals surface area (Å²) in [5, 5.41) is 0. The average molecular weight is 254 g/mol. The Bertz CT molecular complexity index is 620. The van der Waals surface area contributed by atoms with Crippen molar-refractivity contribution in [2.75, 3.05) is 11.5 Å². The van der Waals surface area contributed by atoms with Crippen LogP contribution in [0.5, 0.6) is 0 Å². The Labute approximate surface area is 113 Å². The van der Waals surface area contributed by atoms with Crippen LogP contribution in [-0.2, 0) is 4.79 Å². The van der Waals surface area contributed by atoms with Gasteiger partial charge < -0.3 is 11.5 Å². The molecule has 0 bridgehead atoms. The molecule has 0 heterocycles. The molecule has 19 heavy (non-hydrogen) atoms. The van der Waals surface area contributed by atoms with Gasteiger partial charge in [-0.1, -0.05) is 35.9 Å². The van der Waals surface area contributed by atoms with Crippen LogP contribution in [0, 0.1) is 6.92 Å². The minimum atomic E-state index is -0.402. The molecular weight excluding hydrogens is 236 g/mol. The van der Waals surface area contributed by atoms with Gasteiger partial charge in [0.25, 0.3) is 0 Å². The molecule has 3 heteroatoms. The first kappa shape index (κ1) is 13.1. The largest absolute Gasteiger partial charge is 0.398 e. The Hall–Kier alpha value is -2.29. The van der Waals surface area contributed by atoms with Crippen LogP contribution < -0.4 is 11.5 Å². The van der Waals surface area contributed by atoms with Gasteiger partial charge in [0.2, 0.25) is 0 Å². The highest BCUT2D eigenvalue weighted by atomic mass is 16.1. The standard InChI is InChI=1S/C16H18N2O/c1-10-7-8-15(18)13(9-10)16(11(2)19)12-5-3-4-6-14(12)17/h3-9,16H,17-18H2,1-2H3. The molecule has 0 amide bonds. The molecule has 0 spiro atoms. The summed E-state index contributed by atoms with van der Waals surface area (Å²) >= 11 is 0. The highest BCUT2D eigenvalue weighted by molar-refractivity contribution is 5.90. The first-order valence-corrected chi connectivity index (χ1v) is 6.21. The van der Waals surface area contributed by atoms with E-state index in [-0.39, 0.29) is 5.78 Å². The van der Waals surface area contributed by atoms with Gasteiger partial charge in [0.15, 0.2) is 0 Å². The van der Waals surface area contributed by atoms with Crippen LogP contribution in [0.15, 0.2) is 42.5 Å². The van der Waals surface area contributed by atoms with Gasteiger partial charge in [0, 0.05) is 11.4 Å². The molecular formula is C16H18N2O. The van der Waals surface area contributed by atoms with E-state index in [9.17, 15) is 4.79 Å². The van der Waals surface area contributed by atoms with E-state index in [0.717, 1.165) is 16.7 Å². The zero-order valence-corrected chi connectivity index (χ0v) is 11.2. The van der Waals surface area contributed by atoms with Gasteiger partial charge in [-0.3, -0.25) is 4.79 Å². The molecule has 98 valence electrons. The van der Waals surface area contributed by atoms with Crippen molar-refractivity contribution in [3.8, 4) is 0 Å². The number of rotatable bonds is 3. The number of nitrogens with two attached hydrogens (primary N) is 2. The van der Waals surface area contributed by atoms with Gasteiger partial charge in [-0.2, -0.15) is 0 Å². The molecule has 0 fully saturated rings. The summed E-state index contributed by atoms with van der Waals surface area (Å²) in [6, 6.07) is 13.1. The van der Waals surface area contributed by atoms with Gasteiger partial charge in [0.1, 0.15) is 5.78 Å². The minimum Gasteiger partial charge on any atom is -0.398 e. The predicted octanol–water partition coefficient (Wildman–Crippen LogP) is 2.88. The van der Waals surface area contributed by atoms with E-state index in [1.165, 1.54) is 0 Å². The highest BCUT2D eigenvalue weighted by Gasteiger charge is 2.23. The lowest BCUT2D eigenvalue weighted by molar-refractivity contribution is -0.117. The fourth-order valence-electron chi connectivity index (χ4n) is 2.32. The molecule has 0 aliphatic carbocycles.